The molecule has 0 saturated carbocycles. The number of carbonyl (C=O) groups excluding carboxylic acids is 2. The van der Waals surface area contributed by atoms with E-state index < -0.39 is 24.2 Å². The number of H-pyrrole nitrogens is 1. The molecule has 2 aromatic rings. The van der Waals surface area contributed by atoms with Crippen LogP contribution in [0.2, 0.25) is 0 Å². The zero-order chi connectivity index (χ0) is 25.2. The van der Waals surface area contributed by atoms with E-state index in [1.807, 2.05) is 36.9 Å². The summed E-state index contributed by atoms with van der Waals surface area (Å²) in [6, 6.07) is 4.44. The number of rotatable bonds is 7. The SMILES string of the molecule is CC(C)C(C(=O)NC1CCC2=C3C(=CCC2)CC(C(=O)NCc2nn[nH]n2)N3C1O)c1ccccn1. The molecule has 4 atom stereocenters. The third-order valence-corrected chi connectivity index (χ3v) is 7.28. The van der Waals surface area contributed by atoms with Gasteiger partial charge in [0.05, 0.1) is 24.2 Å². The first-order valence-electron chi connectivity index (χ1n) is 12.5. The Morgan fingerprint density at radius 3 is 2.86 bits per heavy atom. The topological polar surface area (TPSA) is 149 Å². The molecule has 4 heterocycles. The van der Waals surface area contributed by atoms with Crippen molar-refractivity contribution in [3.63, 3.8) is 0 Å². The third kappa shape index (κ3) is 4.62. The molecule has 0 radical (unpaired) electrons. The van der Waals surface area contributed by atoms with Gasteiger partial charge in [-0.1, -0.05) is 31.2 Å². The van der Waals surface area contributed by atoms with E-state index in [1.165, 1.54) is 5.57 Å². The van der Waals surface area contributed by atoms with Crippen molar-refractivity contribution in [2.75, 3.05) is 0 Å². The fourth-order valence-electron chi connectivity index (χ4n) is 5.60. The molecule has 1 fully saturated rings. The molecule has 4 N–H and O–H groups in total. The van der Waals surface area contributed by atoms with Gasteiger partial charge in [-0.3, -0.25) is 14.6 Å². The third-order valence-electron chi connectivity index (χ3n) is 7.28. The molecule has 2 amide bonds. The van der Waals surface area contributed by atoms with Gasteiger partial charge in [0, 0.05) is 18.3 Å². The molecule has 1 aliphatic carbocycles. The standard InChI is InChI=1S/C25H32N8O3/c1-14(2)21(17-8-3-4-11-26-17)24(35)28-18-10-9-15-6-5-7-16-12-19(33(22(15)16)25(18)36)23(34)27-13-20-29-31-32-30-20/h3-4,7-8,11,14,18-19,21,25,36H,5-6,9-10,12-13H2,1-2H3,(H,27,34)(H,28,35)(H,29,30,31,32). The van der Waals surface area contributed by atoms with Crippen LogP contribution in [-0.2, 0) is 16.1 Å². The first-order chi connectivity index (χ1) is 17.4. The highest BCUT2D eigenvalue weighted by atomic mass is 16.3. The number of pyridine rings is 1. The normalized spacial score (nSPS) is 24.2. The van der Waals surface area contributed by atoms with Gasteiger partial charge in [0.2, 0.25) is 11.8 Å². The van der Waals surface area contributed by atoms with Crippen LogP contribution in [0.5, 0.6) is 0 Å². The Hall–Kier alpha value is -3.60. The predicted octanol–water partition coefficient (Wildman–Crippen LogP) is 1.30. The van der Waals surface area contributed by atoms with Gasteiger partial charge < -0.3 is 20.6 Å². The molecule has 36 heavy (non-hydrogen) atoms. The van der Waals surface area contributed by atoms with Gasteiger partial charge in [-0.25, -0.2) is 0 Å². The molecule has 0 bridgehead atoms. The summed E-state index contributed by atoms with van der Waals surface area (Å²) in [6.07, 6.45) is 6.49. The van der Waals surface area contributed by atoms with Gasteiger partial charge in [0.1, 0.15) is 12.3 Å². The number of nitrogens with one attached hydrogen (secondary N) is 3. The molecule has 5 rings (SSSR count). The number of nitrogens with zero attached hydrogens (tertiary/aromatic N) is 5. The Bertz CT molecular complexity index is 1160. The largest absolute Gasteiger partial charge is 0.371 e. The molecule has 3 aliphatic rings. The zero-order valence-corrected chi connectivity index (χ0v) is 20.5. The number of aromatic amines is 1. The average Bonchev–Trinajstić information content (AvgIpc) is 3.50. The van der Waals surface area contributed by atoms with E-state index >= 15 is 0 Å². The molecular weight excluding hydrogens is 460 g/mol. The Kier molecular flexibility index (Phi) is 6.82. The second-order valence-corrected chi connectivity index (χ2v) is 9.94. The Morgan fingerprint density at radius 2 is 2.14 bits per heavy atom. The van der Waals surface area contributed by atoms with Gasteiger partial charge in [-0.15, -0.1) is 10.2 Å². The highest BCUT2D eigenvalue weighted by Crippen LogP contribution is 2.44. The minimum atomic E-state index is -1.04. The van der Waals surface area contributed by atoms with Crippen molar-refractivity contribution in [1.29, 1.82) is 0 Å². The lowest BCUT2D eigenvalue weighted by Gasteiger charge is -2.36. The fourth-order valence-corrected chi connectivity index (χ4v) is 5.60. The number of allylic oxidation sites excluding steroid dienone is 3. The zero-order valence-electron chi connectivity index (χ0n) is 20.5. The fraction of sp³-hybridized carbons (Fsp3) is 0.520. The van der Waals surface area contributed by atoms with Crippen LogP contribution in [0.25, 0.3) is 0 Å². The molecule has 1 saturated heterocycles. The number of hydrogen-bond donors (Lipinski definition) is 4. The maximum absolute atomic E-state index is 13.5. The molecule has 0 aromatic carbocycles. The second kappa shape index (κ2) is 10.2. The summed E-state index contributed by atoms with van der Waals surface area (Å²) in [5.41, 5.74) is 4.00. The number of aromatic nitrogens is 5. The average molecular weight is 493 g/mol. The van der Waals surface area contributed by atoms with Crippen LogP contribution in [0.3, 0.4) is 0 Å². The molecule has 11 heteroatoms. The second-order valence-electron chi connectivity index (χ2n) is 9.94. The van der Waals surface area contributed by atoms with E-state index in [0.29, 0.717) is 24.4 Å². The number of carbonyl (C=O) groups is 2. The van der Waals surface area contributed by atoms with Gasteiger partial charge in [0.15, 0.2) is 5.82 Å². The number of tetrazole rings is 1. The van der Waals surface area contributed by atoms with Gasteiger partial charge in [-0.05, 0) is 54.9 Å². The summed E-state index contributed by atoms with van der Waals surface area (Å²) in [5.74, 6) is -0.414. The maximum Gasteiger partial charge on any atom is 0.243 e. The number of amides is 2. The lowest BCUT2D eigenvalue weighted by molar-refractivity contribution is -0.131. The highest BCUT2D eigenvalue weighted by Gasteiger charge is 2.46. The van der Waals surface area contributed by atoms with Crippen LogP contribution < -0.4 is 10.6 Å². The van der Waals surface area contributed by atoms with Crippen molar-refractivity contribution in [3.05, 3.63) is 58.8 Å². The van der Waals surface area contributed by atoms with Gasteiger partial charge in [0.25, 0.3) is 0 Å². The van der Waals surface area contributed by atoms with Crippen molar-refractivity contribution >= 4 is 11.8 Å². The van der Waals surface area contributed by atoms with Crippen molar-refractivity contribution in [2.45, 2.75) is 76.7 Å². The highest BCUT2D eigenvalue weighted by molar-refractivity contribution is 5.85. The molecular formula is C25H32N8O3. The summed E-state index contributed by atoms with van der Waals surface area (Å²) in [5, 5.41) is 31.2. The van der Waals surface area contributed by atoms with E-state index in [0.717, 1.165) is 30.5 Å². The van der Waals surface area contributed by atoms with Crippen molar-refractivity contribution in [1.82, 2.24) is 41.1 Å². The minimum Gasteiger partial charge on any atom is -0.371 e. The number of hydrogen-bond acceptors (Lipinski definition) is 8. The first-order valence-corrected chi connectivity index (χ1v) is 12.5. The molecule has 4 unspecified atom stereocenters. The van der Waals surface area contributed by atoms with E-state index in [4.69, 9.17) is 0 Å². The Labute approximate surface area is 209 Å². The van der Waals surface area contributed by atoms with Crippen LogP contribution >= 0.6 is 0 Å². The summed E-state index contributed by atoms with van der Waals surface area (Å²) in [6.45, 7) is 4.12. The van der Waals surface area contributed by atoms with E-state index in [9.17, 15) is 14.7 Å². The monoisotopic (exact) mass is 492 g/mol. The van der Waals surface area contributed by atoms with Crippen molar-refractivity contribution < 1.29 is 14.7 Å². The molecule has 190 valence electrons. The van der Waals surface area contributed by atoms with Gasteiger partial charge in [-0.2, -0.15) is 5.21 Å². The molecule has 11 nitrogen and oxygen atoms in total. The first kappa shape index (κ1) is 24.1. The van der Waals surface area contributed by atoms with Crippen LogP contribution in [0.1, 0.15) is 63.4 Å². The van der Waals surface area contributed by atoms with Crippen molar-refractivity contribution in [3.8, 4) is 0 Å². The number of aliphatic hydroxyl groups is 1. The summed E-state index contributed by atoms with van der Waals surface area (Å²) in [7, 11) is 0. The van der Waals surface area contributed by atoms with Crippen LogP contribution in [0.15, 0.2) is 47.3 Å². The summed E-state index contributed by atoms with van der Waals surface area (Å²) < 4.78 is 0. The minimum absolute atomic E-state index is 0.0270. The van der Waals surface area contributed by atoms with Crippen LogP contribution in [0, 0.1) is 5.92 Å². The summed E-state index contributed by atoms with van der Waals surface area (Å²) >= 11 is 0. The van der Waals surface area contributed by atoms with Crippen molar-refractivity contribution in [2.24, 2.45) is 5.92 Å². The van der Waals surface area contributed by atoms with Crippen LogP contribution in [0.4, 0.5) is 0 Å². The predicted molar refractivity (Wildman–Crippen MR) is 130 cm³/mol. The lowest BCUT2D eigenvalue weighted by Crippen LogP contribution is -2.55. The molecule has 0 spiro atoms. The molecule has 2 aromatic heterocycles. The van der Waals surface area contributed by atoms with Crippen LogP contribution in [-0.4, -0.2) is 65.7 Å². The Morgan fingerprint density at radius 1 is 1.28 bits per heavy atom. The summed E-state index contributed by atoms with van der Waals surface area (Å²) in [4.78, 5) is 33.0. The molecule has 2 aliphatic heterocycles. The maximum atomic E-state index is 13.5. The quantitative estimate of drug-likeness (QED) is 0.452. The van der Waals surface area contributed by atoms with E-state index in [-0.39, 0.29) is 24.3 Å². The van der Waals surface area contributed by atoms with Gasteiger partial charge >= 0.3 is 0 Å². The van der Waals surface area contributed by atoms with E-state index in [1.54, 1.807) is 6.20 Å². The smallest absolute Gasteiger partial charge is 0.243 e. The Balaban J connectivity index is 1.37. The van der Waals surface area contributed by atoms with E-state index in [2.05, 4.69) is 42.3 Å². The lowest BCUT2D eigenvalue weighted by atomic mass is 9.90. The number of aliphatic hydroxyl groups excluding tert-OH is 1.